The number of fused-ring (bicyclic) bond motifs is 1. The van der Waals surface area contributed by atoms with Gasteiger partial charge in [0.05, 0.1) is 23.6 Å². The summed E-state index contributed by atoms with van der Waals surface area (Å²) in [4.78, 5) is 11.1. The molecular formula is C9H7FN2O2. The third-order valence-corrected chi connectivity index (χ3v) is 1.93. The van der Waals surface area contributed by atoms with Crippen molar-refractivity contribution in [1.29, 1.82) is 0 Å². The average Bonchev–Trinajstić information content (AvgIpc) is 2.59. The van der Waals surface area contributed by atoms with E-state index in [9.17, 15) is 9.18 Å². The number of carbonyl (C=O) groups excluding carboxylic acids is 1. The second-order valence-electron chi connectivity index (χ2n) is 2.76. The Bertz CT molecular complexity index is 493. The van der Waals surface area contributed by atoms with E-state index in [4.69, 9.17) is 0 Å². The van der Waals surface area contributed by atoms with Crippen LogP contribution in [0.1, 0.15) is 10.4 Å². The van der Waals surface area contributed by atoms with Gasteiger partial charge in [0.15, 0.2) is 0 Å². The first kappa shape index (κ1) is 8.68. The monoisotopic (exact) mass is 194 g/mol. The van der Waals surface area contributed by atoms with Crippen LogP contribution in [0.5, 0.6) is 0 Å². The number of H-pyrrole nitrogens is 1. The maximum Gasteiger partial charge on any atom is 0.337 e. The molecule has 1 heterocycles. The van der Waals surface area contributed by atoms with Gasteiger partial charge in [0, 0.05) is 0 Å². The molecule has 0 bridgehead atoms. The highest BCUT2D eigenvalue weighted by Crippen LogP contribution is 2.16. The number of benzene rings is 1. The Morgan fingerprint density at radius 2 is 2.36 bits per heavy atom. The van der Waals surface area contributed by atoms with Crippen LogP contribution in [-0.2, 0) is 4.74 Å². The zero-order valence-corrected chi connectivity index (χ0v) is 7.37. The van der Waals surface area contributed by atoms with Crippen molar-refractivity contribution in [3.8, 4) is 0 Å². The van der Waals surface area contributed by atoms with Gasteiger partial charge in [-0.05, 0) is 18.2 Å². The van der Waals surface area contributed by atoms with Crippen LogP contribution >= 0.6 is 0 Å². The number of methoxy groups -OCH3 is 1. The van der Waals surface area contributed by atoms with Crippen molar-refractivity contribution in [3.63, 3.8) is 0 Å². The van der Waals surface area contributed by atoms with Gasteiger partial charge in [-0.3, -0.25) is 5.10 Å². The number of halogens is 1. The lowest BCUT2D eigenvalue weighted by Crippen LogP contribution is -2.00. The molecule has 5 heteroatoms. The largest absolute Gasteiger partial charge is 0.465 e. The van der Waals surface area contributed by atoms with E-state index >= 15 is 0 Å². The molecule has 2 rings (SSSR count). The van der Waals surface area contributed by atoms with Gasteiger partial charge in [0.25, 0.3) is 0 Å². The third-order valence-electron chi connectivity index (χ3n) is 1.93. The summed E-state index contributed by atoms with van der Waals surface area (Å²) in [5.41, 5.74) is 0.761. The molecule has 0 aliphatic heterocycles. The number of carbonyl (C=O) groups is 1. The fraction of sp³-hybridized carbons (Fsp3) is 0.111. The Kier molecular flexibility index (Phi) is 1.92. The van der Waals surface area contributed by atoms with Gasteiger partial charge in [-0.15, -0.1) is 0 Å². The van der Waals surface area contributed by atoms with Crippen LogP contribution in [0.25, 0.3) is 10.9 Å². The Morgan fingerprint density at radius 3 is 3.07 bits per heavy atom. The first-order valence-electron chi connectivity index (χ1n) is 3.94. The minimum absolute atomic E-state index is 0.353. The van der Waals surface area contributed by atoms with Gasteiger partial charge in [0.2, 0.25) is 5.95 Å². The lowest BCUT2D eigenvalue weighted by atomic mass is 10.2. The number of rotatable bonds is 1. The predicted octanol–water partition coefficient (Wildman–Crippen LogP) is 1.49. The first-order chi connectivity index (χ1) is 6.72. The van der Waals surface area contributed by atoms with Crippen molar-refractivity contribution < 1.29 is 13.9 Å². The summed E-state index contributed by atoms with van der Waals surface area (Å²) in [5.74, 6) is -0.966. The molecule has 0 fully saturated rings. The molecule has 0 saturated heterocycles. The molecule has 0 atom stereocenters. The summed E-state index contributed by atoms with van der Waals surface area (Å²) in [7, 11) is 1.29. The highest BCUT2D eigenvalue weighted by Gasteiger charge is 2.09. The van der Waals surface area contributed by atoms with E-state index in [1.807, 2.05) is 0 Å². The van der Waals surface area contributed by atoms with E-state index in [-0.39, 0.29) is 0 Å². The number of nitrogens with one attached hydrogen (secondary N) is 1. The maximum absolute atomic E-state index is 12.9. The maximum atomic E-state index is 12.9. The summed E-state index contributed by atoms with van der Waals surface area (Å²) in [5, 5.41) is 6.24. The van der Waals surface area contributed by atoms with Gasteiger partial charge in [-0.25, -0.2) is 4.79 Å². The molecule has 2 aromatic rings. The zero-order chi connectivity index (χ0) is 10.1. The molecule has 0 saturated carbocycles. The average molecular weight is 194 g/mol. The number of nitrogens with zero attached hydrogens (tertiary/aromatic N) is 1. The number of hydrogen-bond acceptors (Lipinski definition) is 3. The molecule has 0 aliphatic rings. The lowest BCUT2D eigenvalue weighted by molar-refractivity contribution is 0.0601. The highest BCUT2D eigenvalue weighted by atomic mass is 19.1. The first-order valence-corrected chi connectivity index (χ1v) is 3.94. The number of hydrogen-bond donors (Lipinski definition) is 1. The van der Waals surface area contributed by atoms with Crippen molar-refractivity contribution in [3.05, 3.63) is 29.7 Å². The van der Waals surface area contributed by atoms with Crippen LogP contribution in [0, 0.1) is 5.95 Å². The predicted molar refractivity (Wildman–Crippen MR) is 47.4 cm³/mol. The standard InChI is InChI=1S/C9H7FN2O2/c1-14-9(13)5-2-3-6-7(4-5)11-12-8(6)10/h2-4H,1H3,(H,11,12). The Hall–Kier alpha value is -1.91. The quantitative estimate of drug-likeness (QED) is 0.699. The van der Waals surface area contributed by atoms with Gasteiger partial charge in [-0.1, -0.05) is 0 Å². The molecule has 0 aliphatic carbocycles. The topological polar surface area (TPSA) is 55.0 Å². The minimum Gasteiger partial charge on any atom is -0.465 e. The van der Waals surface area contributed by atoms with Gasteiger partial charge in [0.1, 0.15) is 0 Å². The molecule has 0 radical (unpaired) electrons. The van der Waals surface area contributed by atoms with Gasteiger partial charge in [-0.2, -0.15) is 9.49 Å². The molecule has 0 unspecified atom stereocenters. The van der Waals surface area contributed by atoms with Crippen LogP contribution in [0.3, 0.4) is 0 Å². The summed E-state index contributed by atoms with van der Waals surface area (Å²) < 4.78 is 17.4. The number of esters is 1. The van der Waals surface area contributed by atoms with E-state index in [0.29, 0.717) is 16.5 Å². The van der Waals surface area contributed by atoms with Crippen molar-refractivity contribution >= 4 is 16.9 Å². The summed E-state index contributed by atoms with van der Waals surface area (Å²) in [6.45, 7) is 0. The van der Waals surface area contributed by atoms with E-state index in [1.54, 1.807) is 0 Å². The number of aromatic amines is 1. The third kappa shape index (κ3) is 1.22. The van der Waals surface area contributed by atoms with Crippen LogP contribution in [0.4, 0.5) is 4.39 Å². The summed E-state index contributed by atoms with van der Waals surface area (Å²) in [6, 6.07) is 4.45. The van der Waals surface area contributed by atoms with E-state index in [1.165, 1.54) is 25.3 Å². The smallest absolute Gasteiger partial charge is 0.337 e. The second kappa shape index (κ2) is 3.10. The number of aromatic nitrogens is 2. The van der Waals surface area contributed by atoms with Crippen LogP contribution in [0.2, 0.25) is 0 Å². The highest BCUT2D eigenvalue weighted by molar-refractivity contribution is 5.94. The number of ether oxygens (including phenoxy) is 1. The molecule has 1 aromatic heterocycles. The normalized spacial score (nSPS) is 10.4. The van der Waals surface area contributed by atoms with Gasteiger partial charge < -0.3 is 4.74 Å². The molecule has 0 spiro atoms. The minimum atomic E-state index is -0.503. The Morgan fingerprint density at radius 1 is 1.57 bits per heavy atom. The molecule has 1 aromatic carbocycles. The molecule has 4 nitrogen and oxygen atoms in total. The molecule has 72 valence electrons. The van der Waals surface area contributed by atoms with Crippen LogP contribution in [-0.4, -0.2) is 23.3 Å². The fourth-order valence-electron chi connectivity index (χ4n) is 1.22. The van der Waals surface area contributed by atoms with Crippen molar-refractivity contribution in [1.82, 2.24) is 10.2 Å². The molecular weight excluding hydrogens is 187 g/mol. The van der Waals surface area contributed by atoms with E-state index in [2.05, 4.69) is 14.9 Å². The zero-order valence-electron chi connectivity index (χ0n) is 7.37. The second-order valence-corrected chi connectivity index (χ2v) is 2.76. The van der Waals surface area contributed by atoms with Gasteiger partial charge >= 0.3 is 5.97 Å². The van der Waals surface area contributed by atoms with Crippen molar-refractivity contribution in [2.45, 2.75) is 0 Å². The molecule has 14 heavy (non-hydrogen) atoms. The SMILES string of the molecule is COC(=O)c1ccc2c(F)[nH]nc2c1. The molecule has 1 N–H and O–H groups in total. The van der Waals surface area contributed by atoms with Crippen molar-refractivity contribution in [2.75, 3.05) is 7.11 Å². The van der Waals surface area contributed by atoms with E-state index < -0.39 is 11.9 Å². The van der Waals surface area contributed by atoms with Crippen LogP contribution < -0.4 is 0 Å². The summed E-state index contributed by atoms with van der Waals surface area (Å²) in [6.07, 6.45) is 0. The van der Waals surface area contributed by atoms with Crippen LogP contribution in [0.15, 0.2) is 18.2 Å². The lowest BCUT2D eigenvalue weighted by Gasteiger charge is -1.97. The fourth-order valence-corrected chi connectivity index (χ4v) is 1.22. The van der Waals surface area contributed by atoms with E-state index in [0.717, 1.165) is 0 Å². The van der Waals surface area contributed by atoms with Crippen molar-refractivity contribution in [2.24, 2.45) is 0 Å². The Labute approximate surface area is 78.7 Å². The Balaban J connectivity index is 2.57. The molecule has 0 amide bonds. The summed E-state index contributed by atoms with van der Waals surface area (Å²) >= 11 is 0.